The zero-order valence-electron chi connectivity index (χ0n) is 9.41. The number of carbonyl (C=O) groups excluding carboxylic acids is 1. The lowest BCUT2D eigenvalue weighted by atomic mass is 10.1. The van der Waals surface area contributed by atoms with Crippen molar-refractivity contribution in [3.63, 3.8) is 0 Å². The number of halogens is 1. The number of hydrogen-bond acceptors (Lipinski definition) is 3. The van der Waals surface area contributed by atoms with Crippen LogP contribution in [0.2, 0.25) is 0 Å². The summed E-state index contributed by atoms with van der Waals surface area (Å²) in [6.07, 6.45) is 1.76. The first kappa shape index (κ1) is 12.0. The van der Waals surface area contributed by atoms with Gasteiger partial charge in [-0.05, 0) is 44.1 Å². The number of nitrogens with one attached hydrogen (secondary N) is 2. The van der Waals surface area contributed by atoms with Crippen LogP contribution in [0, 0.1) is 5.82 Å². The molecule has 0 radical (unpaired) electrons. The third-order valence-electron chi connectivity index (χ3n) is 2.69. The van der Waals surface area contributed by atoms with Gasteiger partial charge in [0.2, 0.25) is 0 Å². The van der Waals surface area contributed by atoms with E-state index >= 15 is 0 Å². The smallest absolute Gasteiger partial charge is 0.274 e. The Bertz CT molecular complexity index is 392. The average Bonchev–Trinajstić information content (AvgIpc) is 2.37. The topological polar surface area (TPSA) is 50.4 Å². The molecule has 2 rings (SSSR count). The number of carbonyl (C=O) groups is 1. The molecule has 1 aromatic carbocycles. The largest absolute Gasteiger partial charge is 0.317 e. The number of hydrogen-bond donors (Lipinski definition) is 2. The zero-order chi connectivity index (χ0) is 12.1. The van der Waals surface area contributed by atoms with E-state index in [0.717, 1.165) is 25.9 Å². The Kier molecular flexibility index (Phi) is 4.06. The van der Waals surface area contributed by atoms with E-state index in [4.69, 9.17) is 4.84 Å². The summed E-state index contributed by atoms with van der Waals surface area (Å²) in [5.41, 5.74) is 2.63. The van der Waals surface area contributed by atoms with E-state index in [9.17, 15) is 9.18 Å². The Morgan fingerprint density at radius 3 is 2.88 bits per heavy atom. The van der Waals surface area contributed by atoms with Crippen LogP contribution in [-0.4, -0.2) is 25.1 Å². The first-order chi connectivity index (χ1) is 8.25. The van der Waals surface area contributed by atoms with Crippen molar-refractivity contribution in [2.45, 2.75) is 18.9 Å². The van der Waals surface area contributed by atoms with Crippen molar-refractivity contribution in [2.24, 2.45) is 0 Å². The van der Waals surface area contributed by atoms with Gasteiger partial charge >= 0.3 is 0 Å². The van der Waals surface area contributed by atoms with E-state index in [0.29, 0.717) is 0 Å². The molecule has 1 amide bonds. The summed E-state index contributed by atoms with van der Waals surface area (Å²) in [6, 6.07) is 5.52. The number of hydroxylamine groups is 1. The van der Waals surface area contributed by atoms with E-state index in [-0.39, 0.29) is 11.7 Å². The van der Waals surface area contributed by atoms with E-state index in [2.05, 4.69) is 10.8 Å². The van der Waals surface area contributed by atoms with Crippen LogP contribution in [0.5, 0.6) is 0 Å². The van der Waals surface area contributed by atoms with E-state index in [1.165, 1.54) is 18.2 Å². The fourth-order valence-corrected chi connectivity index (χ4v) is 1.74. The minimum Gasteiger partial charge on any atom is -0.317 e. The van der Waals surface area contributed by atoms with Crippen LogP contribution in [0.25, 0.3) is 0 Å². The highest BCUT2D eigenvalue weighted by molar-refractivity contribution is 5.93. The average molecular weight is 238 g/mol. The molecule has 1 fully saturated rings. The van der Waals surface area contributed by atoms with Crippen molar-refractivity contribution in [3.8, 4) is 0 Å². The molecule has 1 aromatic rings. The van der Waals surface area contributed by atoms with E-state index in [1.807, 2.05) is 0 Å². The Morgan fingerprint density at radius 1 is 1.41 bits per heavy atom. The lowest BCUT2D eigenvalue weighted by Crippen LogP contribution is -2.37. The van der Waals surface area contributed by atoms with Gasteiger partial charge in [0.15, 0.2) is 0 Å². The Balaban J connectivity index is 1.84. The molecule has 1 heterocycles. The first-order valence-corrected chi connectivity index (χ1v) is 5.68. The first-order valence-electron chi connectivity index (χ1n) is 5.68. The molecule has 1 aliphatic rings. The van der Waals surface area contributed by atoms with Crippen LogP contribution < -0.4 is 10.8 Å². The maximum Gasteiger partial charge on any atom is 0.274 e. The Hall–Kier alpha value is -1.46. The second kappa shape index (κ2) is 5.75. The fraction of sp³-hybridized carbons (Fsp3) is 0.417. The highest BCUT2D eigenvalue weighted by Gasteiger charge is 2.15. The molecule has 0 bridgehead atoms. The Morgan fingerprint density at radius 2 is 2.18 bits per heavy atom. The summed E-state index contributed by atoms with van der Waals surface area (Å²) in [4.78, 5) is 16.9. The number of piperidine rings is 1. The van der Waals surface area contributed by atoms with Crippen molar-refractivity contribution in [1.82, 2.24) is 10.8 Å². The minimum absolute atomic E-state index is 0.0359. The van der Waals surface area contributed by atoms with Gasteiger partial charge in [-0.2, -0.15) is 0 Å². The van der Waals surface area contributed by atoms with Crippen LogP contribution in [-0.2, 0) is 4.84 Å². The lowest BCUT2D eigenvalue weighted by Gasteiger charge is -2.22. The number of rotatable bonds is 3. The number of benzene rings is 1. The molecule has 0 spiro atoms. The normalized spacial score (nSPS) is 16.8. The lowest BCUT2D eigenvalue weighted by molar-refractivity contribution is -0.0282. The van der Waals surface area contributed by atoms with Crippen molar-refractivity contribution in [1.29, 1.82) is 0 Å². The van der Waals surface area contributed by atoms with Gasteiger partial charge in [-0.25, -0.2) is 9.87 Å². The quantitative estimate of drug-likeness (QED) is 0.779. The van der Waals surface area contributed by atoms with Crippen molar-refractivity contribution < 1.29 is 14.0 Å². The van der Waals surface area contributed by atoms with Crippen LogP contribution in [0.1, 0.15) is 23.2 Å². The highest BCUT2D eigenvalue weighted by Crippen LogP contribution is 2.07. The molecular formula is C12H15FN2O2. The molecule has 2 N–H and O–H groups in total. The molecule has 0 atom stereocenters. The van der Waals surface area contributed by atoms with Gasteiger partial charge in [0.1, 0.15) is 5.82 Å². The fourth-order valence-electron chi connectivity index (χ4n) is 1.74. The third kappa shape index (κ3) is 3.51. The Labute approximate surface area is 99.1 Å². The van der Waals surface area contributed by atoms with Crippen LogP contribution in [0.15, 0.2) is 24.3 Å². The van der Waals surface area contributed by atoms with Crippen LogP contribution in [0.3, 0.4) is 0 Å². The molecule has 92 valence electrons. The van der Waals surface area contributed by atoms with Gasteiger partial charge in [0, 0.05) is 5.56 Å². The molecule has 0 aromatic heterocycles. The SMILES string of the molecule is O=C(NOC1CCNCC1)c1cccc(F)c1. The van der Waals surface area contributed by atoms with Gasteiger partial charge in [-0.1, -0.05) is 6.07 Å². The summed E-state index contributed by atoms with van der Waals surface area (Å²) in [7, 11) is 0. The molecule has 0 saturated carbocycles. The molecular weight excluding hydrogens is 223 g/mol. The number of amides is 1. The molecule has 17 heavy (non-hydrogen) atoms. The van der Waals surface area contributed by atoms with Gasteiger partial charge < -0.3 is 5.32 Å². The van der Waals surface area contributed by atoms with E-state index < -0.39 is 11.7 Å². The van der Waals surface area contributed by atoms with Crippen LogP contribution >= 0.6 is 0 Å². The van der Waals surface area contributed by atoms with Crippen LogP contribution in [0.4, 0.5) is 4.39 Å². The summed E-state index contributed by atoms with van der Waals surface area (Å²) in [6.45, 7) is 1.78. The summed E-state index contributed by atoms with van der Waals surface area (Å²) >= 11 is 0. The highest BCUT2D eigenvalue weighted by atomic mass is 19.1. The molecule has 0 unspecified atom stereocenters. The molecule has 5 heteroatoms. The zero-order valence-corrected chi connectivity index (χ0v) is 9.41. The minimum atomic E-state index is -0.431. The summed E-state index contributed by atoms with van der Waals surface area (Å²) in [5, 5.41) is 3.20. The maximum atomic E-state index is 12.9. The van der Waals surface area contributed by atoms with E-state index in [1.54, 1.807) is 6.07 Å². The monoisotopic (exact) mass is 238 g/mol. The predicted molar refractivity (Wildman–Crippen MR) is 60.8 cm³/mol. The van der Waals surface area contributed by atoms with Crippen molar-refractivity contribution in [2.75, 3.05) is 13.1 Å². The van der Waals surface area contributed by atoms with Gasteiger partial charge in [0.25, 0.3) is 5.91 Å². The van der Waals surface area contributed by atoms with Crippen molar-refractivity contribution >= 4 is 5.91 Å². The second-order valence-electron chi connectivity index (χ2n) is 4.01. The predicted octanol–water partition coefficient (Wildman–Crippen LogP) is 1.24. The maximum absolute atomic E-state index is 12.9. The van der Waals surface area contributed by atoms with Gasteiger partial charge in [0.05, 0.1) is 6.10 Å². The third-order valence-corrected chi connectivity index (χ3v) is 2.69. The molecule has 0 aliphatic carbocycles. The van der Waals surface area contributed by atoms with Crippen molar-refractivity contribution in [3.05, 3.63) is 35.6 Å². The van der Waals surface area contributed by atoms with Gasteiger partial charge in [-0.15, -0.1) is 0 Å². The standard InChI is InChI=1S/C12H15FN2O2/c13-10-3-1-2-9(8-10)12(16)15-17-11-4-6-14-7-5-11/h1-3,8,11,14H,4-7H2,(H,15,16). The molecule has 4 nitrogen and oxygen atoms in total. The molecule has 1 aliphatic heterocycles. The van der Waals surface area contributed by atoms with Gasteiger partial charge in [-0.3, -0.25) is 9.63 Å². The second-order valence-corrected chi connectivity index (χ2v) is 4.01. The summed E-state index contributed by atoms with van der Waals surface area (Å²) < 4.78 is 12.9. The summed E-state index contributed by atoms with van der Waals surface area (Å²) in [5.74, 6) is -0.845. The molecule has 1 saturated heterocycles.